The molecule has 1 aromatic carbocycles. The van der Waals surface area contributed by atoms with Crippen molar-refractivity contribution < 1.29 is 14.0 Å². The predicted molar refractivity (Wildman–Crippen MR) is 141 cm³/mol. The van der Waals surface area contributed by atoms with E-state index in [1.165, 1.54) is 12.1 Å². The minimum absolute atomic E-state index is 0.101. The number of hydrazine groups is 1. The molecule has 0 radical (unpaired) electrons. The Morgan fingerprint density at radius 1 is 1.14 bits per heavy atom. The van der Waals surface area contributed by atoms with Crippen LogP contribution in [0.2, 0.25) is 0 Å². The number of aromatic nitrogens is 2. The fraction of sp³-hybridized carbons (Fsp3) is 0.538. The molecule has 1 aromatic heterocycles. The maximum absolute atomic E-state index is 15.0. The highest BCUT2D eigenvalue weighted by molar-refractivity contribution is 5.98. The normalized spacial score (nSPS) is 19.4. The van der Waals surface area contributed by atoms with Gasteiger partial charge in [-0.05, 0) is 70.9 Å². The largest absolute Gasteiger partial charge is 0.349 e. The molecule has 2 N–H and O–H groups in total. The number of hydrogen-bond donors (Lipinski definition) is 2. The molecule has 0 unspecified atom stereocenters. The van der Waals surface area contributed by atoms with Crippen LogP contribution in [0.15, 0.2) is 24.4 Å². The molecule has 5 rings (SSSR count). The van der Waals surface area contributed by atoms with Gasteiger partial charge >= 0.3 is 6.03 Å². The molecule has 198 valence electrons. The van der Waals surface area contributed by atoms with Crippen molar-refractivity contribution in [3.05, 3.63) is 35.8 Å². The quantitative estimate of drug-likeness (QED) is 0.611. The lowest BCUT2D eigenvalue weighted by Gasteiger charge is -2.45. The SMILES string of the molecule is CCN1C(=O)N(C)c2cnc(Nc3ccc(C(=O)NC4CCN(C)CC4)cc3F)nc2N1C1CCCC1. The van der Waals surface area contributed by atoms with Crippen LogP contribution >= 0.6 is 0 Å². The molecule has 2 aromatic rings. The van der Waals surface area contributed by atoms with E-state index in [-0.39, 0.29) is 41.2 Å². The van der Waals surface area contributed by atoms with Gasteiger partial charge in [-0.25, -0.2) is 19.2 Å². The van der Waals surface area contributed by atoms with Gasteiger partial charge in [-0.1, -0.05) is 12.8 Å². The van der Waals surface area contributed by atoms with Gasteiger partial charge in [0.1, 0.15) is 11.5 Å². The van der Waals surface area contributed by atoms with Gasteiger partial charge in [-0.15, -0.1) is 0 Å². The van der Waals surface area contributed by atoms with Gasteiger partial charge in [-0.2, -0.15) is 4.98 Å². The second kappa shape index (κ2) is 10.5. The average molecular weight is 511 g/mol. The lowest BCUT2D eigenvalue weighted by Crippen LogP contribution is -2.59. The summed E-state index contributed by atoms with van der Waals surface area (Å²) in [5, 5.41) is 9.68. The minimum Gasteiger partial charge on any atom is -0.349 e. The van der Waals surface area contributed by atoms with E-state index >= 15 is 4.39 Å². The zero-order valence-corrected chi connectivity index (χ0v) is 21.7. The minimum atomic E-state index is -0.563. The zero-order valence-electron chi connectivity index (χ0n) is 21.7. The first-order valence-electron chi connectivity index (χ1n) is 13.1. The Labute approximate surface area is 216 Å². The van der Waals surface area contributed by atoms with Crippen LogP contribution in [0.1, 0.15) is 55.8 Å². The van der Waals surface area contributed by atoms with E-state index in [9.17, 15) is 9.59 Å². The summed E-state index contributed by atoms with van der Waals surface area (Å²) >= 11 is 0. The van der Waals surface area contributed by atoms with E-state index in [0.717, 1.165) is 51.6 Å². The Morgan fingerprint density at radius 2 is 1.86 bits per heavy atom. The third-order valence-corrected chi connectivity index (χ3v) is 7.60. The first-order valence-corrected chi connectivity index (χ1v) is 13.1. The van der Waals surface area contributed by atoms with Crippen molar-refractivity contribution in [1.82, 2.24) is 25.2 Å². The number of fused-ring (bicyclic) bond motifs is 1. The number of carbonyl (C=O) groups excluding carboxylic acids is 2. The highest BCUT2D eigenvalue weighted by Crippen LogP contribution is 2.39. The number of hydrogen-bond acceptors (Lipinski definition) is 7. The number of carbonyl (C=O) groups is 2. The van der Waals surface area contributed by atoms with Crippen LogP contribution in [0.5, 0.6) is 0 Å². The summed E-state index contributed by atoms with van der Waals surface area (Å²) in [6.45, 7) is 4.32. The van der Waals surface area contributed by atoms with Crippen molar-refractivity contribution in [3.63, 3.8) is 0 Å². The molecule has 3 aliphatic rings. The van der Waals surface area contributed by atoms with Crippen LogP contribution in [0.4, 0.5) is 32.3 Å². The van der Waals surface area contributed by atoms with Crippen molar-refractivity contribution in [2.75, 3.05) is 49.0 Å². The molecule has 0 spiro atoms. The first kappa shape index (κ1) is 25.2. The van der Waals surface area contributed by atoms with Gasteiger partial charge in [0.15, 0.2) is 5.82 Å². The number of benzene rings is 1. The standard InChI is InChI=1S/C26H35FN8O2/c1-4-34-26(37)33(3)22-16-28-25(31-23(22)35(34)19-7-5-6-8-19)30-21-10-9-17(15-20(21)27)24(36)29-18-11-13-32(2)14-12-18/h9-10,15-16,18-19H,4-8,11-14H2,1-3H3,(H,29,36)(H,28,30,31). The smallest absolute Gasteiger partial charge is 0.343 e. The summed E-state index contributed by atoms with van der Waals surface area (Å²) in [6.07, 6.45) is 7.54. The van der Waals surface area contributed by atoms with Crippen LogP contribution in [-0.4, -0.2) is 77.6 Å². The maximum atomic E-state index is 15.0. The van der Waals surface area contributed by atoms with Crippen molar-refractivity contribution in [3.8, 4) is 0 Å². The van der Waals surface area contributed by atoms with Crippen LogP contribution in [0, 0.1) is 5.82 Å². The molecule has 3 heterocycles. The molecule has 10 nitrogen and oxygen atoms in total. The van der Waals surface area contributed by atoms with E-state index in [1.54, 1.807) is 29.2 Å². The first-order chi connectivity index (χ1) is 17.9. The van der Waals surface area contributed by atoms with Crippen molar-refractivity contribution in [1.29, 1.82) is 0 Å². The van der Waals surface area contributed by atoms with E-state index in [4.69, 9.17) is 4.98 Å². The molecular formula is C26H35FN8O2. The molecule has 1 aliphatic carbocycles. The second-order valence-corrected chi connectivity index (χ2v) is 10.1. The molecule has 1 saturated heterocycles. The van der Waals surface area contributed by atoms with E-state index < -0.39 is 5.82 Å². The Hall–Kier alpha value is -3.47. The van der Waals surface area contributed by atoms with E-state index in [0.29, 0.717) is 18.1 Å². The second-order valence-electron chi connectivity index (χ2n) is 10.1. The van der Waals surface area contributed by atoms with Crippen molar-refractivity contribution in [2.45, 2.75) is 57.5 Å². The Kier molecular flexibility index (Phi) is 7.14. The molecule has 37 heavy (non-hydrogen) atoms. The Bertz CT molecular complexity index is 1160. The number of rotatable bonds is 6. The lowest BCUT2D eigenvalue weighted by atomic mass is 10.0. The van der Waals surface area contributed by atoms with Gasteiger partial charge in [0.2, 0.25) is 5.95 Å². The highest BCUT2D eigenvalue weighted by atomic mass is 19.1. The summed E-state index contributed by atoms with van der Waals surface area (Å²) < 4.78 is 15.0. The number of nitrogens with zero attached hydrogens (tertiary/aromatic N) is 6. The fourth-order valence-electron chi connectivity index (χ4n) is 5.42. The van der Waals surface area contributed by atoms with Gasteiger partial charge < -0.3 is 15.5 Å². The van der Waals surface area contributed by atoms with Crippen LogP contribution in [0.3, 0.4) is 0 Å². The number of anilines is 4. The highest BCUT2D eigenvalue weighted by Gasteiger charge is 2.39. The molecule has 11 heteroatoms. The number of halogens is 1. The molecule has 0 atom stereocenters. The van der Waals surface area contributed by atoms with Crippen molar-refractivity contribution >= 4 is 35.1 Å². The molecule has 0 bridgehead atoms. The number of urea groups is 1. The number of amides is 3. The van der Waals surface area contributed by atoms with Crippen LogP contribution in [0.25, 0.3) is 0 Å². The van der Waals surface area contributed by atoms with Crippen molar-refractivity contribution in [2.24, 2.45) is 0 Å². The zero-order chi connectivity index (χ0) is 26.1. The summed E-state index contributed by atoms with van der Waals surface area (Å²) in [5.41, 5.74) is 1.07. The number of nitrogens with one attached hydrogen (secondary N) is 2. The van der Waals surface area contributed by atoms with Crippen LogP contribution < -0.4 is 20.5 Å². The van der Waals surface area contributed by atoms with E-state index in [1.807, 2.05) is 11.9 Å². The van der Waals surface area contributed by atoms with Gasteiger partial charge in [0, 0.05) is 25.2 Å². The number of likely N-dealkylation sites (tertiary alicyclic amines) is 1. The lowest BCUT2D eigenvalue weighted by molar-refractivity contribution is 0.0916. The monoisotopic (exact) mass is 510 g/mol. The Balaban J connectivity index is 1.35. The van der Waals surface area contributed by atoms with E-state index in [2.05, 4.69) is 27.6 Å². The van der Waals surface area contributed by atoms with Gasteiger partial charge in [0.25, 0.3) is 5.91 Å². The predicted octanol–water partition coefficient (Wildman–Crippen LogP) is 3.74. The fourth-order valence-corrected chi connectivity index (χ4v) is 5.42. The molecule has 3 amide bonds. The molecule has 2 fully saturated rings. The summed E-state index contributed by atoms with van der Waals surface area (Å²) in [7, 11) is 3.77. The van der Waals surface area contributed by atoms with Gasteiger partial charge in [0.05, 0.1) is 17.9 Å². The molecule has 2 aliphatic heterocycles. The summed E-state index contributed by atoms with van der Waals surface area (Å²) in [4.78, 5) is 38.5. The maximum Gasteiger partial charge on any atom is 0.343 e. The Morgan fingerprint density at radius 3 is 2.54 bits per heavy atom. The topological polar surface area (TPSA) is 96.9 Å². The third kappa shape index (κ3) is 5.04. The molecular weight excluding hydrogens is 475 g/mol. The van der Waals surface area contributed by atoms with Gasteiger partial charge in [-0.3, -0.25) is 14.7 Å². The molecule has 1 saturated carbocycles. The number of piperidine rings is 1. The third-order valence-electron chi connectivity index (χ3n) is 7.60. The van der Waals surface area contributed by atoms with Crippen LogP contribution in [-0.2, 0) is 0 Å². The summed E-state index contributed by atoms with van der Waals surface area (Å²) in [5.74, 6) is 0.0166. The average Bonchev–Trinajstić information content (AvgIpc) is 3.43. The summed E-state index contributed by atoms with van der Waals surface area (Å²) in [6, 6.07) is 4.53.